The third-order valence-corrected chi connectivity index (χ3v) is 4.69. The van der Waals surface area contributed by atoms with Crippen LogP contribution < -0.4 is 5.32 Å². The number of aryl methyl sites for hydroxylation is 1. The van der Waals surface area contributed by atoms with Crippen molar-refractivity contribution in [3.63, 3.8) is 0 Å². The van der Waals surface area contributed by atoms with Crippen LogP contribution in [0.15, 0.2) is 75.6 Å². The first-order chi connectivity index (χ1) is 14.9. The van der Waals surface area contributed by atoms with Gasteiger partial charge in [0, 0.05) is 17.3 Å². The largest absolute Gasteiger partial charge is 0.459 e. The van der Waals surface area contributed by atoms with Crippen LogP contribution in [-0.4, -0.2) is 15.9 Å². The average Bonchev–Trinajstić information content (AvgIpc) is 3.44. The van der Waals surface area contributed by atoms with E-state index in [9.17, 15) is 14.9 Å². The second kappa shape index (κ2) is 8.29. The molecule has 8 nitrogen and oxygen atoms in total. The standard InChI is InChI=1S/C23H18N2O6/c1-14-2-8-18(19(12-14)25(28)29)21-10-11-22(31-21)23(27)24-16-5-3-15(4-6-16)20-9-7-17(13-26)30-20/h2-12,26H,13H2,1H3,(H,24,27). The molecule has 0 saturated carbocycles. The molecule has 0 saturated heterocycles. The molecule has 0 radical (unpaired) electrons. The highest BCUT2D eigenvalue weighted by atomic mass is 16.6. The number of rotatable bonds is 6. The molecule has 0 spiro atoms. The molecule has 0 aliphatic rings. The van der Waals surface area contributed by atoms with Crippen LogP contribution in [0.3, 0.4) is 0 Å². The van der Waals surface area contributed by atoms with Gasteiger partial charge in [-0.2, -0.15) is 0 Å². The number of nitro benzene ring substituents is 1. The summed E-state index contributed by atoms with van der Waals surface area (Å²) in [6.07, 6.45) is 0. The lowest BCUT2D eigenvalue weighted by Crippen LogP contribution is -2.10. The Morgan fingerprint density at radius 1 is 1.00 bits per heavy atom. The van der Waals surface area contributed by atoms with E-state index >= 15 is 0 Å². The average molecular weight is 418 g/mol. The van der Waals surface area contributed by atoms with E-state index in [0.717, 1.165) is 11.1 Å². The van der Waals surface area contributed by atoms with E-state index in [4.69, 9.17) is 13.9 Å². The Labute approximate surface area is 176 Å². The minimum atomic E-state index is -0.477. The minimum absolute atomic E-state index is 0.0348. The first kappa shape index (κ1) is 20.1. The minimum Gasteiger partial charge on any atom is -0.459 e. The van der Waals surface area contributed by atoms with Crippen LogP contribution in [0.4, 0.5) is 11.4 Å². The highest BCUT2D eigenvalue weighted by molar-refractivity contribution is 6.02. The Kier molecular flexibility index (Phi) is 5.38. The molecular weight excluding hydrogens is 400 g/mol. The van der Waals surface area contributed by atoms with Crippen LogP contribution in [0.25, 0.3) is 22.6 Å². The molecule has 0 atom stereocenters. The van der Waals surface area contributed by atoms with Gasteiger partial charge in [0.1, 0.15) is 23.9 Å². The second-order valence-electron chi connectivity index (χ2n) is 6.90. The molecule has 2 aromatic carbocycles. The Hall–Kier alpha value is -4.17. The number of anilines is 1. The SMILES string of the molecule is Cc1ccc(-c2ccc(C(=O)Nc3ccc(-c4ccc(CO)o4)cc3)o2)c([N+](=O)[O-])c1. The summed E-state index contributed by atoms with van der Waals surface area (Å²) in [5.74, 6) is 0.874. The number of furan rings is 2. The van der Waals surface area contributed by atoms with E-state index in [-0.39, 0.29) is 23.8 Å². The molecule has 0 bridgehead atoms. The smallest absolute Gasteiger partial charge is 0.291 e. The molecule has 4 rings (SSSR count). The number of hydrogen-bond acceptors (Lipinski definition) is 6. The van der Waals surface area contributed by atoms with Crippen molar-refractivity contribution in [2.45, 2.75) is 13.5 Å². The van der Waals surface area contributed by atoms with Gasteiger partial charge in [0.15, 0.2) is 5.76 Å². The van der Waals surface area contributed by atoms with E-state index in [0.29, 0.717) is 22.8 Å². The van der Waals surface area contributed by atoms with E-state index in [1.807, 2.05) is 0 Å². The highest BCUT2D eigenvalue weighted by Crippen LogP contribution is 2.32. The molecule has 0 aliphatic carbocycles. The second-order valence-corrected chi connectivity index (χ2v) is 6.90. The fourth-order valence-corrected chi connectivity index (χ4v) is 3.13. The van der Waals surface area contributed by atoms with Gasteiger partial charge >= 0.3 is 0 Å². The molecule has 8 heteroatoms. The van der Waals surface area contributed by atoms with Gasteiger partial charge in [-0.3, -0.25) is 14.9 Å². The Morgan fingerprint density at radius 2 is 1.74 bits per heavy atom. The number of aliphatic hydroxyl groups excluding tert-OH is 1. The summed E-state index contributed by atoms with van der Waals surface area (Å²) in [5, 5.41) is 23.2. The third-order valence-electron chi connectivity index (χ3n) is 4.69. The number of carbonyl (C=O) groups excluding carboxylic acids is 1. The molecule has 31 heavy (non-hydrogen) atoms. The summed E-state index contributed by atoms with van der Waals surface area (Å²) >= 11 is 0. The Bertz CT molecular complexity index is 1250. The molecule has 0 unspecified atom stereocenters. The van der Waals surface area contributed by atoms with Crippen molar-refractivity contribution in [2.75, 3.05) is 5.32 Å². The number of amides is 1. The van der Waals surface area contributed by atoms with Crippen molar-refractivity contribution in [1.82, 2.24) is 0 Å². The first-order valence-corrected chi connectivity index (χ1v) is 9.41. The predicted octanol–water partition coefficient (Wildman–Crippen LogP) is 5.17. The van der Waals surface area contributed by atoms with Crippen LogP contribution in [0, 0.1) is 17.0 Å². The molecule has 0 aliphatic heterocycles. The summed E-state index contributed by atoms with van der Waals surface area (Å²) in [4.78, 5) is 23.4. The fourth-order valence-electron chi connectivity index (χ4n) is 3.13. The maximum Gasteiger partial charge on any atom is 0.291 e. The number of aliphatic hydroxyl groups is 1. The molecule has 156 valence electrons. The van der Waals surface area contributed by atoms with E-state index < -0.39 is 10.8 Å². The van der Waals surface area contributed by atoms with E-state index in [1.165, 1.54) is 18.2 Å². The summed E-state index contributed by atoms with van der Waals surface area (Å²) in [6.45, 7) is 1.59. The zero-order valence-electron chi connectivity index (χ0n) is 16.5. The van der Waals surface area contributed by atoms with Crippen molar-refractivity contribution in [1.29, 1.82) is 0 Å². The van der Waals surface area contributed by atoms with Gasteiger partial charge < -0.3 is 19.3 Å². The number of carbonyl (C=O) groups is 1. The van der Waals surface area contributed by atoms with Crippen LogP contribution in [0.5, 0.6) is 0 Å². The molecule has 2 aromatic heterocycles. The summed E-state index contributed by atoms with van der Waals surface area (Å²) in [5.41, 5.74) is 2.32. The lowest BCUT2D eigenvalue weighted by Gasteiger charge is -2.05. The van der Waals surface area contributed by atoms with Crippen molar-refractivity contribution in [3.05, 3.63) is 93.9 Å². The molecule has 4 aromatic rings. The zero-order valence-corrected chi connectivity index (χ0v) is 16.5. The van der Waals surface area contributed by atoms with Crippen LogP contribution >= 0.6 is 0 Å². The summed E-state index contributed by atoms with van der Waals surface area (Å²) in [7, 11) is 0. The van der Waals surface area contributed by atoms with E-state index in [1.54, 1.807) is 55.5 Å². The zero-order chi connectivity index (χ0) is 22.0. The quantitative estimate of drug-likeness (QED) is 0.329. The number of nitro groups is 1. The molecule has 2 heterocycles. The van der Waals surface area contributed by atoms with Crippen molar-refractivity contribution in [2.24, 2.45) is 0 Å². The normalized spacial score (nSPS) is 10.8. The van der Waals surface area contributed by atoms with Crippen molar-refractivity contribution >= 4 is 17.3 Å². The topological polar surface area (TPSA) is 119 Å². The van der Waals surface area contributed by atoms with Crippen LogP contribution in [-0.2, 0) is 6.61 Å². The van der Waals surface area contributed by atoms with Gasteiger partial charge in [-0.05, 0) is 67.1 Å². The lowest BCUT2D eigenvalue weighted by molar-refractivity contribution is -0.384. The van der Waals surface area contributed by atoms with Gasteiger partial charge in [-0.25, -0.2) is 0 Å². The van der Waals surface area contributed by atoms with E-state index in [2.05, 4.69) is 5.32 Å². The number of nitrogens with zero attached hydrogens (tertiary/aromatic N) is 1. The highest BCUT2D eigenvalue weighted by Gasteiger charge is 2.20. The maximum atomic E-state index is 12.5. The molecular formula is C23H18N2O6. The Morgan fingerprint density at radius 3 is 2.42 bits per heavy atom. The maximum absolute atomic E-state index is 12.5. The molecule has 2 N–H and O–H groups in total. The van der Waals surface area contributed by atoms with Gasteiger partial charge in [0.2, 0.25) is 0 Å². The Balaban J connectivity index is 1.50. The predicted molar refractivity (Wildman–Crippen MR) is 114 cm³/mol. The van der Waals surface area contributed by atoms with Crippen LogP contribution in [0.1, 0.15) is 21.9 Å². The third kappa shape index (κ3) is 4.24. The van der Waals surface area contributed by atoms with Crippen LogP contribution in [0.2, 0.25) is 0 Å². The first-order valence-electron chi connectivity index (χ1n) is 9.41. The number of hydrogen-bond donors (Lipinski definition) is 2. The molecule has 1 amide bonds. The number of nitrogens with one attached hydrogen (secondary N) is 1. The van der Waals surface area contributed by atoms with Crippen molar-refractivity contribution < 1.29 is 23.7 Å². The lowest BCUT2D eigenvalue weighted by atomic mass is 10.1. The van der Waals surface area contributed by atoms with Crippen molar-refractivity contribution in [3.8, 4) is 22.6 Å². The van der Waals surface area contributed by atoms with Gasteiger partial charge in [0.25, 0.3) is 11.6 Å². The monoisotopic (exact) mass is 418 g/mol. The number of benzene rings is 2. The van der Waals surface area contributed by atoms with Gasteiger partial charge in [-0.1, -0.05) is 6.07 Å². The fraction of sp³-hybridized carbons (Fsp3) is 0.0870. The molecule has 0 fully saturated rings. The van der Waals surface area contributed by atoms with Gasteiger partial charge in [-0.15, -0.1) is 0 Å². The summed E-state index contributed by atoms with van der Waals surface area (Å²) < 4.78 is 11.1. The summed E-state index contributed by atoms with van der Waals surface area (Å²) in [6, 6.07) is 18.2. The van der Waals surface area contributed by atoms with Gasteiger partial charge in [0.05, 0.1) is 10.5 Å².